The van der Waals surface area contributed by atoms with Crippen LogP contribution in [0.3, 0.4) is 0 Å². The fourth-order valence-corrected chi connectivity index (χ4v) is 3.86. The van der Waals surface area contributed by atoms with Crippen LogP contribution in [-0.4, -0.2) is 33.9 Å². The van der Waals surface area contributed by atoms with E-state index in [0.717, 1.165) is 10.5 Å². The molecule has 1 saturated heterocycles. The quantitative estimate of drug-likeness (QED) is 0.574. The van der Waals surface area contributed by atoms with Crippen LogP contribution < -0.4 is 4.90 Å². The number of halogens is 2. The first-order valence-electron chi connectivity index (χ1n) is 9.45. The zero-order chi connectivity index (χ0) is 21.7. The Labute approximate surface area is 180 Å². The molecule has 0 N–H and O–H groups in total. The van der Waals surface area contributed by atoms with Gasteiger partial charge in [-0.2, -0.15) is 5.11 Å². The number of aromatic nitrogens is 1. The third-order valence-corrected chi connectivity index (χ3v) is 5.45. The molecule has 1 fully saturated rings. The number of imide groups is 1. The van der Waals surface area contributed by atoms with Crippen molar-refractivity contribution in [1.29, 1.82) is 0 Å². The van der Waals surface area contributed by atoms with Gasteiger partial charge < -0.3 is 4.42 Å². The molecular formula is C21H15ClFN5O3. The lowest BCUT2D eigenvalue weighted by atomic mass is 10.1. The highest BCUT2D eigenvalue weighted by molar-refractivity contribution is 6.30. The summed E-state index contributed by atoms with van der Waals surface area (Å²) in [7, 11) is 0. The van der Waals surface area contributed by atoms with Gasteiger partial charge in [-0.1, -0.05) is 22.9 Å². The van der Waals surface area contributed by atoms with Crippen LogP contribution in [-0.2, 0) is 16.1 Å². The van der Waals surface area contributed by atoms with Crippen molar-refractivity contribution in [3.05, 3.63) is 70.8 Å². The summed E-state index contributed by atoms with van der Waals surface area (Å²) in [5, 5.41) is 10.0. The van der Waals surface area contributed by atoms with Crippen LogP contribution in [0.2, 0.25) is 5.02 Å². The van der Waals surface area contributed by atoms with Crippen molar-refractivity contribution in [2.75, 3.05) is 4.90 Å². The minimum atomic E-state index is -0.947. The lowest BCUT2D eigenvalue weighted by Crippen LogP contribution is -2.39. The third kappa shape index (κ3) is 3.27. The highest BCUT2D eigenvalue weighted by Gasteiger charge is 2.54. The van der Waals surface area contributed by atoms with Crippen molar-refractivity contribution >= 4 is 29.1 Å². The molecule has 5 rings (SSSR count). The lowest BCUT2D eigenvalue weighted by molar-refractivity contribution is -0.123. The van der Waals surface area contributed by atoms with Gasteiger partial charge in [0.25, 0.3) is 11.8 Å². The molecule has 10 heteroatoms. The molecule has 2 aliphatic rings. The van der Waals surface area contributed by atoms with Crippen molar-refractivity contribution < 1.29 is 18.4 Å². The second-order valence-electron chi connectivity index (χ2n) is 7.21. The van der Waals surface area contributed by atoms with Crippen LogP contribution in [0, 0.1) is 12.7 Å². The Morgan fingerprint density at radius 3 is 2.65 bits per heavy atom. The number of anilines is 1. The highest BCUT2D eigenvalue weighted by atomic mass is 35.5. The number of fused-ring (bicyclic) bond motifs is 1. The molecule has 2 amide bonds. The number of rotatable bonds is 4. The Kier molecular flexibility index (Phi) is 4.55. The van der Waals surface area contributed by atoms with Crippen molar-refractivity contribution in [2.45, 2.75) is 25.6 Å². The first-order valence-corrected chi connectivity index (χ1v) is 9.83. The van der Waals surface area contributed by atoms with E-state index < -0.39 is 29.7 Å². The fourth-order valence-electron chi connectivity index (χ4n) is 3.67. The molecule has 8 nitrogen and oxygen atoms in total. The van der Waals surface area contributed by atoms with E-state index in [1.807, 2.05) is 6.07 Å². The molecule has 3 heterocycles. The summed E-state index contributed by atoms with van der Waals surface area (Å²) in [5.41, 5.74) is 1.58. The molecule has 2 aromatic carbocycles. The Morgan fingerprint density at radius 1 is 1.13 bits per heavy atom. The number of nitrogens with zero attached hydrogens (tertiary/aromatic N) is 5. The predicted octanol–water partition coefficient (Wildman–Crippen LogP) is 3.94. The summed E-state index contributed by atoms with van der Waals surface area (Å²) in [6.45, 7) is 1.89. The van der Waals surface area contributed by atoms with Gasteiger partial charge in [0.2, 0.25) is 5.89 Å². The Balaban J connectivity index is 1.40. The summed E-state index contributed by atoms with van der Waals surface area (Å²) in [6, 6.07) is 10.4. The van der Waals surface area contributed by atoms with Gasteiger partial charge in [0, 0.05) is 10.6 Å². The lowest BCUT2D eigenvalue weighted by Gasteiger charge is -2.19. The number of benzene rings is 2. The summed E-state index contributed by atoms with van der Waals surface area (Å²) in [4.78, 5) is 31.3. The van der Waals surface area contributed by atoms with Crippen molar-refractivity contribution in [3.63, 3.8) is 0 Å². The average molecular weight is 440 g/mol. The van der Waals surface area contributed by atoms with Crippen LogP contribution in [0.4, 0.5) is 10.1 Å². The van der Waals surface area contributed by atoms with E-state index in [-0.39, 0.29) is 6.54 Å². The topological polar surface area (TPSA) is 91.4 Å². The van der Waals surface area contributed by atoms with Crippen LogP contribution >= 0.6 is 11.6 Å². The van der Waals surface area contributed by atoms with Gasteiger partial charge in [-0.15, -0.1) is 0 Å². The van der Waals surface area contributed by atoms with Gasteiger partial charge in [-0.25, -0.2) is 14.3 Å². The molecule has 0 spiro atoms. The van der Waals surface area contributed by atoms with E-state index in [9.17, 15) is 14.0 Å². The van der Waals surface area contributed by atoms with Gasteiger partial charge in [0.15, 0.2) is 12.1 Å². The second kappa shape index (κ2) is 7.28. The molecule has 3 aromatic rings. The van der Waals surface area contributed by atoms with Gasteiger partial charge in [-0.05, 0) is 49.4 Å². The maximum Gasteiger partial charge on any atom is 0.263 e. The molecule has 0 saturated carbocycles. The number of carbonyl (C=O) groups excluding carboxylic acids is 2. The molecule has 0 aliphatic carbocycles. The number of carbonyl (C=O) groups is 2. The standard InChI is InChI=1S/C21H15ClFN5O3/c1-11-16(24-19(31-11)12-3-2-4-13(22)9-12)10-27-18-17(25-26-27)20(29)28(21(18)30)15-7-5-14(23)6-8-15/h2-9,17-18H,10H2,1H3/t17-,18+/m0/s1. The Hall–Kier alpha value is -3.59. The van der Waals surface area contributed by atoms with Crippen LogP contribution in [0.15, 0.2) is 63.3 Å². The minimum absolute atomic E-state index is 0.136. The Morgan fingerprint density at radius 2 is 1.90 bits per heavy atom. The van der Waals surface area contributed by atoms with Crippen LogP contribution in [0.25, 0.3) is 11.5 Å². The number of amides is 2. The van der Waals surface area contributed by atoms with E-state index in [4.69, 9.17) is 16.0 Å². The SMILES string of the molecule is Cc1oc(-c2cccc(Cl)c2)nc1CN1N=N[C@@H]2C(=O)N(c3ccc(F)cc3)C(=O)[C@@H]21. The van der Waals surface area contributed by atoms with E-state index >= 15 is 0 Å². The van der Waals surface area contributed by atoms with Gasteiger partial charge in [0.05, 0.1) is 12.2 Å². The molecule has 156 valence electrons. The molecule has 0 bridgehead atoms. The van der Waals surface area contributed by atoms with E-state index in [1.54, 1.807) is 25.1 Å². The Bertz CT molecular complexity index is 1230. The maximum atomic E-state index is 13.2. The monoisotopic (exact) mass is 439 g/mol. The highest BCUT2D eigenvalue weighted by Crippen LogP contribution is 2.33. The summed E-state index contributed by atoms with van der Waals surface area (Å²) >= 11 is 6.04. The van der Waals surface area contributed by atoms with Gasteiger partial charge in [0.1, 0.15) is 17.3 Å². The fraction of sp³-hybridized carbons (Fsp3) is 0.190. The smallest absolute Gasteiger partial charge is 0.263 e. The van der Waals surface area contributed by atoms with E-state index in [2.05, 4.69) is 15.3 Å². The van der Waals surface area contributed by atoms with Crippen molar-refractivity contribution in [2.24, 2.45) is 10.3 Å². The molecule has 0 radical (unpaired) electrons. The second-order valence-corrected chi connectivity index (χ2v) is 7.65. The zero-order valence-corrected chi connectivity index (χ0v) is 17.0. The molecule has 0 unspecified atom stereocenters. The van der Waals surface area contributed by atoms with Crippen LogP contribution in [0.1, 0.15) is 11.5 Å². The zero-order valence-electron chi connectivity index (χ0n) is 16.2. The van der Waals surface area contributed by atoms with E-state index in [0.29, 0.717) is 28.1 Å². The summed E-state index contributed by atoms with van der Waals surface area (Å²) in [6.07, 6.45) is 0. The average Bonchev–Trinajstić information content (AvgIpc) is 3.40. The normalized spacial score (nSPS) is 20.1. The molecule has 1 aromatic heterocycles. The molecular weight excluding hydrogens is 425 g/mol. The first-order chi connectivity index (χ1) is 14.9. The maximum absolute atomic E-state index is 13.2. The van der Waals surface area contributed by atoms with Crippen LogP contribution in [0.5, 0.6) is 0 Å². The van der Waals surface area contributed by atoms with Crippen molar-refractivity contribution in [1.82, 2.24) is 9.99 Å². The largest absolute Gasteiger partial charge is 0.441 e. The van der Waals surface area contributed by atoms with Gasteiger partial charge >= 0.3 is 0 Å². The minimum Gasteiger partial charge on any atom is -0.441 e. The molecule has 2 aliphatic heterocycles. The molecule has 2 atom stereocenters. The summed E-state index contributed by atoms with van der Waals surface area (Å²) < 4.78 is 19.0. The van der Waals surface area contributed by atoms with E-state index in [1.165, 1.54) is 29.3 Å². The summed E-state index contributed by atoms with van der Waals surface area (Å²) in [5.74, 6) is -0.473. The number of oxazole rings is 1. The van der Waals surface area contributed by atoms with Gasteiger partial charge in [-0.3, -0.25) is 14.6 Å². The number of hydrogen-bond donors (Lipinski definition) is 0. The molecule has 31 heavy (non-hydrogen) atoms. The first kappa shape index (κ1) is 19.4. The number of aryl methyl sites for hydroxylation is 1. The third-order valence-electron chi connectivity index (χ3n) is 5.22. The number of hydrogen-bond acceptors (Lipinski definition) is 7. The predicted molar refractivity (Wildman–Crippen MR) is 109 cm³/mol. The van der Waals surface area contributed by atoms with Crippen molar-refractivity contribution in [3.8, 4) is 11.5 Å².